The highest BCUT2D eigenvalue weighted by atomic mass is 35.5. The van der Waals surface area contributed by atoms with E-state index in [0.717, 1.165) is 16.8 Å². The van der Waals surface area contributed by atoms with Gasteiger partial charge in [-0.1, -0.05) is 35.3 Å². The Morgan fingerprint density at radius 2 is 1.73 bits per heavy atom. The average molecular weight is 514 g/mol. The summed E-state index contributed by atoms with van der Waals surface area (Å²) in [6.45, 7) is -0.873. The SMILES string of the molecule is O=C(COc1cc(C(F)(F)F)nn1-c1ccccc1Cl)Nc1ccc(Cl)cc1OC(F)(F)F. The topological polar surface area (TPSA) is 65.4 Å². The summed E-state index contributed by atoms with van der Waals surface area (Å²) >= 11 is 11.7. The van der Waals surface area contributed by atoms with Gasteiger partial charge >= 0.3 is 12.5 Å². The normalized spacial score (nSPS) is 11.9. The number of anilines is 1. The molecule has 0 spiro atoms. The fraction of sp³-hybridized carbons (Fsp3) is 0.158. The minimum absolute atomic E-state index is 0.0450. The molecule has 176 valence electrons. The third-order valence-electron chi connectivity index (χ3n) is 3.84. The van der Waals surface area contributed by atoms with Crippen molar-refractivity contribution in [2.45, 2.75) is 12.5 Å². The lowest BCUT2D eigenvalue weighted by Crippen LogP contribution is -2.23. The number of nitrogens with one attached hydrogen (secondary N) is 1. The molecule has 0 radical (unpaired) electrons. The summed E-state index contributed by atoms with van der Waals surface area (Å²) in [5.41, 5.74) is -1.65. The van der Waals surface area contributed by atoms with Crippen LogP contribution in [0.5, 0.6) is 11.6 Å². The van der Waals surface area contributed by atoms with Crippen molar-refractivity contribution in [3.63, 3.8) is 0 Å². The number of para-hydroxylation sites is 1. The summed E-state index contributed by atoms with van der Waals surface area (Å²) in [6, 6.07) is 9.45. The van der Waals surface area contributed by atoms with Gasteiger partial charge in [0, 0.05) is 17.2 Å². The molecular weight excluding hydrogens is 503 g/mol. The Balaban J connectivity index is 1.81. The standard InChI is InChI=1S/C19H11Cl2F6N3O3/c20-10-5-6-12(14(7-10)33-19(25,26)27)28-16(31)9-32-17-8-15(18(22,23)24)29-30(17)13-4-2-1-3-11(13)21/h1-8H,9H2,(H,28,31). The molecule has 3 aromatic rings. The van der Waals surface area contributed by atoms with Crippen molar-refractivity contribution >= 4 is 34.8 Å². The third kappa shape index (κ3) is 6.45. The molecule has 1 aromatic heterocycles. The van der Waals surface area contributed by atoms with Crippen LogP contribution in [0.1, 0.15) is 5.69 Å². The fourth-order valence-corrected chi connectivity index (χ4v) is 2.91. The number of hydrogen-bond donors (Lipinski definition) is 1. The van der Waals surface area contributed by atoms with E-state index < -0.39 is 42.4 Å². The van der Waals surface area contributed by atoms with E-state index in [1.54, 1.807) is 6.07 Å². The predicted octanol–water partition coefficient (Wildman–Crippen LogP) is 6.11. The second kappa shape index (κ2) is 9.40. The first-order chi connectivity index (χ1) is 15.3. The molecular formula is C19H11Cl2F6N3O3. The maximum Gasteiger partial charge on any atom is 0.573 e. The zero-order valence-electron chi connectivity index (χ0n) is 16.0. The minimum atomic E-state index is -5.06. The Labute approximate surface area is 191 Å². The number of carbonyl (C=O) groups is 1. The largest absolute Gasteiger partial charge is 0.573 e. The molecule has 0 bridgehead atoms. The number of aromatic nitrogens is 2. The number of amides is 1. The lowest BCUT2D eigenvalue weighted by Gasteiger charge is -2.15. The highest BCUT2D eigenvalue weighted by Gasteiger charge is 2.36. The molecule has 0 atom stereocenters. The quantitative estimate of drug-likeness (QED) is 0.403. The van der Waals surface area contributed by atoms with E-state index in [4.69, 9.17) is 27.9 Å². The lowest BCUT2D eigenvalue weighted by molar-refractivity contribution is -0.274. The van der Waals surface area contributed by atoms with Gasteiger partial charge in [-0.3, -0.25) is 4.79 Å². The fourth-order valence-electron chi connectivity index (χ4n) is 2.54. The highest BCUT2D eigenvalue weighted by Crippen LogP contribution is 2.34. The molecule has 14 heteroatoms. The van der Waals surface area contributed by atoms with Crippen molar-refractivity contribution < 1.29 is 40.6 Å². The Morgan fingerprint density at radius 1 is 1.03 bits per heavy atom. The Morgan fingerprint density at radius 3 is 2.36 bits per heavy atom. The monoisotopic (exact) mass is 513 g/mol. The molecule has 6 nitrogen and oxygen atoms in total. The van der Waals surface area contributed by atoms with Gasteiger partial charge in [0.25, 0.3) is 5.91 Å². The third-order valence-corrected chi connectivity index (χ3v) is 4.40. The zero-order valence-corrected chi connectivity index (χ0v) is 17.5. The van der Waals surface area contributed by atoms with Crippen LogP contribution in [0.25, 0.3) is 5.69 Å². The van der Waals surface area contributed by atoms with E-state index >= 15 is 0 Å². The van der Waals surface area contributed by atoms with Crippen molar-refractivity contribution in [3.8, 4) is 17.3 Å². The Bertz CT molecular complexity index is 1160. The van der Waals surface area contributed by atoms with Gasteiger partial charge in [-0.05, 0) is 24.3 Å². The van der Waals surface area contributed by atoms with Crippen molar-refractivity contribution in [2.75, 3.05) is 11.9 Å². The molecule has 0 fully saturated rings. The Kier molecular flexibility index (Phi) is 6.98. The molecule has 0 aliphatic carbocycles. The van der Waals surface area contributed by atoms with Crippen molar-refractivity contribution in [1.82, 2.24) is 9.78 Å². The number of rotatable bonds is 6. The number of carbonyl (C=O) groups excluding carboxylic acids is 1. The first-order valence-electron chi connectivity index (χ1n) is 8.73. The van der Waals surface area contributed by atoms with Gasteiger partial charge in [0.05, 0.1) is 16.4 Å². The van der Waals surface area contributed by atoms with Crippen LogP contribution >= 0.6 is 23.2 Å². The molecule has 0 aliphatic rings. The van der Waals surface area contributed by atoms with Crippen LogP contribution in [0.15, 0.2) is 48.5 Å². The molecule has 2 aromatic carbocycles. The van der Waals surface area contributed by atoms with Crippen molar-refractivity contribution in [1.29, 1.82) is 0 Å². The summed E-state index contributed by atoms with van der Waals surface area (Å²) in [7, 11) is 0. The molecule has 33 heavy (non-hydrogen) atoms. The molecule has 0 saturated heterocycles. The summed E-state index contributed by atoms with van der Waals surface area (Å²) in [5, 5.41) is 5.51. The molecule has 0 unspecified atom stereocenters. The molecule has 1 heterocycles. The maximum atomic E-state index is 13.1. The number of alkyl halides is 6. The average Bonchev–Trinajstić information content (AvgIpc) is 3.12. The molecule has 3 rings (SSSR count). The highest BCUT2D eigenvalue weighted by molar-refractivity contribution is 6.32. The summed E-state index contributed by atoms with van der Waals surface area (Å²) in [4.78, 5) is 12.2. The molecule has 1 N–H and O–H groups in total. The summed E-state index contributed by atoms with van der Waals surface area (Å²) in [5.74, 6) is -2.26. The number of benzene rings is 2. The van der Waals surface area contributed by atoms with E-state index in [1.165, 1.54) is 24.3 Å². The van der Waals surface area contributed by atoms with Crippen LogP contribution in [-0.4, -0.2) is 28.7 Å². The van der Waals surface area contributed by atoms with Gasteiger partial charge in [-0.2, -0.15) is 23.0 Å². The molecule has 0 aliphatic heterocycles. The van der Waals surface area contributed by atoms with Gasteiger partial charge in [0.2, 0.25) is 5.88 Å². The molecule has 1 amide bonds. The number of nitrogens with zero attached hydrogens (tertiary/aromatic N) is 2. The smallest absolute Gasteiger partial charge is 0.467 e. The van der Waals surface area contributed by atoms with E-state index in [-0.39, 0.29) is 21.4 Å². The number of hydrogen-bond acceptors (Lipinski definition) is 4. The minimum Gasteiger partial charge on any atom is -0.467 e. The number of ether oxygens (including phenoxy) is 2. The molecule has 0 saturated carbocycles. The maximum absolute atomic E-state index is 13.1. The van der Waals surface area contributed by atoms with Crippen LogP contribution in [0.2, 0.25) is 10.0 Å². The summed E-state index contributed by atoms with van der Waals surface area (Å²) < 4.78 is 86.9. The van der Waals surface area contributed by atoms with Gasteiger partial charge in [-0.15, -0.1) is 13.2 Å². The second-order valence-corrected chi connectivity index (χ2v) is 7.10. The van der Waals surface area contributed by atoms with E-state index in [1.807, 2.05) is 0 Å². The van der Waals surface area contributed by atoms with Crippen molar-refractivity contribution in [2.24, 2.45) is 0 Å². The zero-order chi connectivity index (χ0) is 24.4. The number of halogens is 8. The summed E-state index contributed by atoms with van der Waals surface area (Å²) in [6.07, 6.45) is -9.88. The van der Waals surface area contributed by atoms with E-state index in [2.05, 4.69) is 15.2 Å². The Hall–Kier alpha value is -3.12. The van der Waals surface area contributed by atoms with Gasteiger partial charge in [0.15, 0.2) is 18.1 Å². The second-order valence-electron chi connectivity index (χ2n) is 6.25. The van der Waals surface area contributed by atoms with Crippen molar-refractivity contribution in [3.05, 3.63) is 64.3 Å². The van der Waals surface area contributed by atoms with Crippen LogP contribution in [0, 0.1) is 0 Å². The van der Waals surface area contributed by atoms with Crippen LogP contribution in [0.4, 0.5) is 32.0 Å². The van der Waals surface area contributed by atoms with Gasteiger partial charge < -0.3 is 14.8 Å². The first kappa shape index (κ1) is 24.5. The van der Waals surface area contributed by atoms with Crippen LogP contribution in [0.3, 0.4) is 0 Å². The van der Waals surface area contributed by atoms with Gasteiger partial charge in [-0.25, -0.2) is 0 Å². The van der Waals surface area contributed by atoms with E-state index in [0.29, 0.717) is 6.07 Å². The van der Waals surface area contributed by atoms with E-state index in [9.17, 15) is 31.1 Å². The predicted molar refractivity (Wildman–Crippen MR) is 106 cm³/mol. The first-order valence-corrected chi connectivity index (χ1v) is 9.49. The van der Waals surface area contributed by atoms with Gasteiger partial charge in [0.1, 0.15) is 0 Å². The van der Waals surface area contributed by atoms with Crippen LogP contribution in [-0.2, 0) is 11.0 Å². The lowest BCUT2D eigenvalue weighted by atomic mass is 10.3. The van der Waals surface area contributed by atoms with Crippen LogP contribution < -0.4 is 14.8 Å².